The smallest absolute Gasteiger partial charge is 0.226 e. The Morgan fingerprint density at radius 2 is 1.73 bits per heavy atom. The maximum Gasteiger partial charge on any atom is 0.226 e. The molecule has 1 heterocycles. The minimum absolute atomic E-state index is 0.165. The van der Waals surface area contributed by atoms with E-state index in [2.05, 4.69) is 55.5 Å². The molecule has 0 bridgehead atoms. The largest absolute Gasteiger partial charge is 0.342 e. The quantitative estimate of drug-likeness (QED) is 0.824. The average molecular weight is 293 g/mol. The molecule has 0 aromatic heterocycles. The lowest BCUT2D eigenvalue weighted by Crippen LogP contribution is -2.30. The number of benzene rings is 2. The maximum atomic E-state index is 12.5. The SMILES string of the molecule is Cc1ccc(CC2CCN(CCc3ccccc3)C2=O)cc1. The highest BCUT2D eigenvalue weighted by Crippen LogP contribution is 2.23. The van der Waals surface area contributed by atoms with Gasteiger partial charge in [0.25, 0.3) is 0 Å². The topological polar surface area (TPSA) is 20.3 Å². The van der Waals surface area contributed by atoms with Gasteiger partial charge in [0, 0.05) is 19.0 Å². The van der Waals surface area contributed by atoms with Gasteiger partial charge in [-0.1, -0.05) is 60.2 Å². The highest BCUT2D eigenvalue weighted by atomic mass is 16.2. The summed E-state index contributed by atoms with van der Waals surface area (Å²) in [6, 6.07) is 19.0. The van der Waals surface area contributed by atoms with Gasteiger partial charge in [-0.15, -0.1) is 0 Å². The second-order valence-corrected chi connectivity index (χ2v) is 6.24. The Kier molecular flexibility index (Phi) is 4.57. The molecule has 0 saturated carbocycles. The summed E-state index contributed by atoms with van der Waals surface area (Å²) in [6.07, 6.45) is 2.81. The van der Waals surface area contributed by atoms with Crippen molar-refractivity contribution in [1.82, 2.24) is 4.90 Å². The molecule has 2 heteroatoms. The third kappa shape index (κ3) is 3.56. The summed E-state index contributed by atoms with van der Waals surface area (Å²) in [6.45, 7) is 3.84. The summed E-state index contributed by atoms with van der Waals surface area (Å²) < 4.78 is 0. The number of hydrogen-bond donors (Lipinski definition) is 0. The van der Waals surface area contributed by atoms with Gasteiger partial charge in [0.05, 0.1) is 0 Å². The van der Waals surface area contributed by atoms with Crippen LogP contribution in [0.1, 0.15) is 23.1 Å². The molecule has 1 amide bonds. The van der Waals surface area contributed by atoms with Crippen LogP contribution in [-0.4, -0.2) is 23.9 Å². The zero-order valence-electron chi connectivity index (χ0n) is 13.2. The normalized spacial score (nSPS) is 18.0. The molecule has 1 fully saturated rings. The minimum atomic E-state index is 0.165. The lowest BCUT2D eigenvalue weighted by atomic mass is 9.97. The summed E-state index contributed by atoms with van der Waals surface area (Å²) in [5, 5.41) is 0. The van der Waals surface area contributed by atoms with E-state index in [9.17, 15) is 4.79 Å². The lowest BCUT2D eigenvalue weighted by Gasteiger charge is -2.17. The Balaban J connectivity index is 1.54. The first-order valence-corrected chi connectivity index (χ1v) is 8.10. The number of nitrogens with zero attached hydrogens (tertiary/aromatic N) is 1. The summed E-state index contributed by atoms with van der Waals surface area (Å²) in [4.78, 5) is 14.6. The van der Waals surface area contributed by atoms with Gasteiger partial charge < -0.3 is 4.90 Å². The van der Waals surface area contributed by atoms with E-state index in [-0.39, 0.29) is 5.92 Å². The van der Waals surface area contributed by atoms with E-state index in [4.69, 9.17) is 0 Å². The molecule has 114 valence electrons. The molecule has 22 heavy (non-hydrogen) atoms. The molecular weight excluding hydrogens is 270 g/mol. The fraction of sp³-hybridized carbons (Fsp3) is 0.350. The number of aryl methyl sites for hydroxylation is 1. The van der Waals surface area contributed by atoms with Crippen LogP contribution in [0.25, 0.3) is 0 Å². The Hall–Kier alpha value is -2.09. The van der Waals surface area contributed by atoms with Gasteiger partial charge in [0.2, 0.25) is 5.91 Å². The van der Waals surface area contributed by atoms with Gasteiger partial charge in [-0.05, 0) is 37.3 Å². The van der Waals surface area contributed by atoms with Crippen LogP contribution in [0.3, 0.4) is 0 Å². The van der Waals surface area contributed by atoms with Crippen LogP contribution in [0.2, 0.25) is 0 Å². The first-order chi connectivity index (χ1) is 10.7. The highest BCUT2D eigenvalue weighted by molar-refractivity contribution is 5.81. The molecule has 1 saturated heterocycles. The van der Waals surface area contributed by atoms with Gasteiger partial charge in [-0.2, -0.15) is 0 Å². The van der Waals surface area contributed by atoms with Crippen LogP contribution < -0.4 is 0 Å². The van der Waals surface area contributed by atoms with Crippen LogP contribution in [-0.2, 0) is 17.6 Å². The molecular formula is C20H23NO. The molecule has 0 N–H and O–H groups in total. The molecule has 1 unspecified atom stereocenters. The van der Waals surface area contributed by atoms with Crippen LogP contribution >= 0.6 is 0 Å². The fourth-order valence-corrected chi connectivity index (χ4v) is 3.13. The van der Waals surface area contributed by atoms with E-state index in [0.29, 0.717) is 5.91 Å². The molecule has 2 nitrogen and oxygen atoms in total. The second kappa shape index (κ2) is 6.78. The highest BCUT2D eigenvalue weighted by Gasteiger charge is 2.30. The van der Waals surface area contributed by atoms with Gasteiger partial charge in [0.1, 0.15) is 0 Å². The molecule has 1 atom stereocenters. The van der Waals surface area contributed by atoms with Crippen molar-refractivity contribution in [2.24, 2.45) is 5.92 Å². The Bertz CT molecular complexity index is 618. The molecule has 1 aliphatic heterocycles. The van der Waals surface area contributed by atoms with Crippen molar-refractivity contribution >= 4 is 5.91 Å². The van der Waals surface area contributed by atoms with Gasteiger partial charge in [-0.25, -0.2) is 0 Å². The van der Waals surface area contributed by atoms with Gasteiger partial charge in [0.15, 0.2) is 0 Å². The average Bonchev–Trinajstić information content (AvgIpc) is 2.89. The lowest BCUT2D eigenvalue weighted by molar-refractivity contribution is -0.130. The van der Waals surface area contributed by atoms with Gasteiger partial charge in [-0.3, -0.25) is 4.79 Å². The summed E-state index contributed by atoms with van der Waals surface area (Å²) in [5.74, 6) is 0.495. The predicted molar refractivity (Wildman–Crippen MR) is 89.7 cm³/mol. The van der Waals surface area contributed by atoms with Crippen LogP contribution in [0.4, 0.5) is 0 Å². The van der Waals surface area contributed by atoms with Crippen LogP contribution in [0.15, 0.2) is 54.6 Å². The number of carbonyl (C=O) groups excluding carboxylic acids is 1. The van der Waals surface area contributed by atoms with E-state index in [1.807, 2.05) is 11.0 Å². The third-order valence-electron chi connectivity index (χ3n) is 4.52. The van der Waals surface area contributed by atoms with Crippen LogP contribution in [0, 0.1) is 12.8 Å². The molecule has 2 aromatic carbocycles. The maximum absolute atomic E-state index is 12.5. The Morgan fingerprint density at radius 1 is 1.00 bits per heavy atom. The molecule has 1 aliphatic rings. The zero-order chi connectivity index (χ0) is 15.4. The van der Waals surface area contributed by atoms with E-state index in [1.165, 1.54) is 16.7 Å². The van der Waals surface area contributed by atoms with Crippen molar-refractivity contribution in [3.05, 3.63) is 71.3 Å². The van der Waals surface area contributed by atoms with Crippen molar-refractivity contribution in [2.45, 2.75) is 26.2 Å². The first kappa shape index (κ1) is 14.8. The number of hydrogen-bond acceptors (Lipinski definition) is 1. The number of rotatable bonds is 5. The Labute approximate surface area is 132 Å². The standard InChI is InChI=1S/C20H23NO/c1-16-7-9-18(10-8-16)15-19-12-14-21(20(19)22)13-11-17-5-3-2-4-6-17/h2-10,19H,11-15H2,1H3. The molecule has 0 aliphatic carbocycles. The van der Waals surface area contributed by atoms with Crippen molar-refractivity contribution in [3.8, 4) is 0 Å². The van der Waals surface area contributed by atoms with Crippen molar-refractivity contribution in [2.75, 3.05) is 13.1 Å². The van der Waals surface area contributed by atoms with Crippen molar-refractivity contribution in [3.63, 3.8) is 0 Å². The monoisotopic (exact) mass is 293 g/mol. The van der Waals surface area contributed by atoms with E-state index in [1.54, 1.807) is 0 Å². The zero-order valence-corrected chi connectivity index (χ0v) is 13.2. The fourth-order valence-electron chi connectivity index (χ4n) is 3.13. The summed E-state index contributed by atoms with van der Waals surface area (Å²) >= 11 is 0. The van der Waals surface area contributed by atoms with E-state index in [0.717, 1.165) is 32.4 Å². The first-order valence-electron chi connectivity index (χ1n) is 8.10. The molecule has 0 radical (unpaired) electrons. The van der Waals surface area contributed by atoms with E-state index < -0.39 is 0 Å². The molecule has 0 spiro atoms. The Morgan fingerprint density at radius 3 is 2.45 bits per heavy atom. The van der Waals surface area contributed by atoms with E-state index >= 15 is 0 Å². The summed E-state index contributed by atoms with van der Waals surface area (Å²) in [5.41, 5.74) is 3.84. The second-order valence-electron chi connectivity index (χ2n) is 6.24. The van der Waals surface area contributed by atoms with Gasteiger partial charge >= 0.3 is 0 Å². The third-order valence-corrected chi connectivity index (χ3v) is 4.52. The van der Waals surface area contributed by atoms with Crippen molar-refractivity contribution < 1.29 is 4.79 Å². The molecule has 2 aromatic rings. The number of likely N-dealkylation sites (tertiary alicyclic amines) is 1. The van der Waals surface area contributed by atoms with Crippen LogP contribution in [0.5, 0.6) is 0 Å². The van der Waals surface area contributed by atoms with Crippen molar-refractivity contribution in [1.29, 1.82) is 0 Å². The number of amides is 1. The predicted octanol–water partition coefficient (Wildman–Crippen LogP) is 3.63. The number of carbonyl (C=O) groups is 1. The summed E-state index contributed by atoms with van der Waals surface area (Å²) in [7, 11) is 0. The molecule has 3 rings (SSSR count). The minimum Gasteiger partial charge on any atom is -0.342 e.